The zero-order chi connectivity index (χ0) is 26.6. The predicted molar refractivity (Wildman–Crippen MR) is 134 cm³/mol. The number of piperidine rings is 1. The first-order valence-electron chi connectivity index (χ1n) is 12.1. The molecule has 0 amide bonds. The molecule has 2 aromatic carbocycles. The predicted octanol–water partition coefficient (Wildman–Crippen LogP) is 5.32. The standard InChI is InChI=1S/C25H22Cl2F3N5O3/c26-17-8-20-21(9-18(17)27)35(15-3-5-33(6-4-15)16-11-37-12-16)25(36)34(20)10-14-2-1-13(7-19(14)28)23-31-32-24(38-23)22(29)30/h1-2,7-9,15-16,22H,3-6,10-12H2. The van der Waals surface area contributed by atoms with E-state index in [2.05, 4.69) is 15.1 Å². The largest absolute Gasteiger partial charge is 0.415 e. The molecule has 0 bridgehead atoms. The summed E-state index contributed by atoms with van der Waals surface area (Å²) in [5.41, 5.74) is 1.26. The number of hydrogen-bond acceptors (Lipinski definition) is 6. The number of aromatic nitrogens is 4. The number of likely N-dealkylation sites (tertiary alicyclic amines) is 1. The Bertz CT molecular complexity index is 1560. The van der Waals surface area contributed by atoms with Crippen LogP contribution >= 0.6 is 23.2 Å². The normalized spacial score (nSPS) is 17.5. The van der Waals surface area contributed by atoms with Gasteiger partial charge in [0.25, 0.3) is 5.89 Å². The van der Waals surface area contributed by atoms with Crippen LogP contribution in [0.4, 0.5) is 13.2 Å². The number of benzene rings is 2. The molecule has 4 aromatic rings. The SMILES string of the molecule is O=c1n(Cc2ccc(-c3nnc(C(F)F)o3)cc2F)c2cc(Cl)c(Cl)cc2n1C1CCN(C2COC2)CC1. The molecule has 2 saturated heterocycles. The third-order valence-electron chi connectivity index (χ3n) is 7.26. The molecule has 38 heavy (non-hydrogen) atoms. The van der Waals surface area contributed by atoms with Gasteiger partial charge in [0.2, 0.25) is 5.89 Å². The van der Waals surface area contributed by atoms with Gasteiger partial charge in [0, 0.05) is 30.3 Å². The Morgan fingerprint density at radius 2 is 1.71 bits per heavy atom. The quantitative estimate of drug-likeness (QED) is 0.314. The third-order valence-corrected chi connectivity index (χ3v) is 7.98. The summed E-state index contributed by atoms with van der Waals surface area (Å²) in [6.45, 7) is 3.09. The first kappa shape index (κ1) is 25.4. The number of fused-ring (bicyclic) bond motifs is 1. The maximum Gasteiger partial charge on any atom is 0.329 e. The molecule has 2 fully saturated rings. The Morgan fingerprint density at radius 3 is 2.32 bits per heavy atom. The molecule has 200 valence electrons. The van der Waals surface area contributed by atoms with Crippen molar-refractivity contribution in [2.45, 2.75) is 37.9 Å². The lowest BCUT2D eigenvalue weighted by Gasteiger charge is -2.41. The highest BCUT2D eigenvalue weighted by Gasteiger charge is 2.32. The summed E-state index contributed by atoms with van der Waals surface area (Å²) in [7, 11) is 0. The molecule has 8 nitrogen and oxygen atoms in total. The van der Waals surface area contributed by atoms with Crippen molar-refractivity contribution >= 4 is 34.2 Å². The van der Waals surface area contributed by atoms with Gasteiger partial charge in [0.1, 0.15) is 5.82 Å². The molecule has 6 rings (SSSR count). The van der Waals surface area contributed by atoms with E-state index in [9.17, 15) is 13.6 Å². The Labute approximate surface area is 224 Å². The van der Waals surface area contributed by atoms with E-state index in [1.807, 2.05) is 0 Å². The van der Waals surface area contributed by atoms with Gasteiger partial charge in [-0.05, 0) is 37.1 Å². The third kappa shape index (κ3) is 4.51. The maximum absolute atomic E-state index is 15.2. The minimum Gasteiger partial charge on any atom is -0.415 e. The van der Waals surface area contributed by atoms with Crippen molar-refractivity contribution in [1.82, 2.24) is 24.2 Å². The lowest BCUT2D eigenvalue weighted by molar-refractivity contribution is -0.0731. The first-order chi connectivity index (χ1) is 18.3. The molecule has 0 atom stereocenters. The fraction of sp³-hybridized carbons (Fsp3) is 0.400. The van der Waals surface area contributed by atoms with Crippen molar-refractivity contribution in [2.75, 3.05) is 26.3 Å². The van der Waals surface area contributed by atoms with Gasteiger partial charge in [-0.2, -0.15) is 8.78 Å². The van der Waals surface area contributed by atoms with E-state index in [-0.39, 0.29) is 40.3 Å². The van der Waals surface area contributed by atoms with Crippen LogP contribution in [0.1, 0.15) is 36.8 Å². The van der Waals surface area contributed by atoms with E-state index >= 15 is 4.39 Å². The topological polar surface area (TPSA) is 78.3 Å². The maximum atomic E-state index is 15.2. The molecule has 0 N–H and O–H groups in total. The average molecular weight is 568 g/mol. The van der Waals surface area contributed by atoms with Crippen LogP contribution in [0.3, 0.4) is 0 Å². The highest BCUT2D eigenvalue weighted by Crippen LogP contribution is 2.33. The van der Waals surface area contributed by atoms with Gasteiger partial charge < -0.3 is 9.15 Å². The summed E-state index contributed by atoms with van der Waals surface area (Å²) < 4.78 is 54.2. The fourth-order valence-electron chi connectivity index (χ4n) is 5.14. The molecule has 4 heterocycles. The zero-order valence-electron chi connectivity index (χ0n) is 19.9. The number of nitrogens with zero attached hydrogens (tertiary/aromatic N) is 5. The Kier molecular flexibility index (Phi) is 6.71. The van der Waals surface area contributed by atoms with Crippen molar-refractivity contribution in [3.63, 3.8) is 0 Å². The summed E-state index contributed by atoms with van der Waals surface area (Å²) in [5.74, 6) is -1.71. The minimum absolute atomic E-state index is 0.0467. The van der Waals surface area contributed by atoms with Crippen LogP contribution in [0.15, 0.2) is 39.5 Å². The van der Waals surface area contributed by atoms with Crippen LogP contribution in [0.25, 0.3) is 22.5 Å². The number of rotatable bonds is 6. The van der Waals surface area contributed by atoms with Gasteiger partial charge in [-0.15, -0.1) is 10.2 Å². The second kappa shape index (κ2) is 10.0. The summed E-state index contributed by atoms with van der Waals surface area (Å²) >= 11 is 12.6. The molecule has 0 radical (unpaired) electrons. The number of ether oxygens (including phenoxy) is 1. The van der Waals surface area contributed by atoms with E-state index in [0.29, 0.717) is 22.1 Å². The first-order valence-corrected chi connectivity index (χ1v) is 12.9. The second-order valence-corrected chi connectivity index (χ2v) is 10.3. The summed E-state index contributed by atoms with van der Waals surface area (Å²) in [6.07, 6.45) is -1.36. The van der Waals surface area contributed by atoms with Crippen LogP contribution in [0, 0.1) is 5.82 Å². The summed E-state index contributed by atoms with van der Waals surface area (Å²) in [6, 6.07) is 7.74. The van der Waals surface area contributed by atoms with E-state index in [1.165, 1.54) is 16.7 Å². The Balaban J connectivity index is 1.33. The average Bonchev–Trinajstić information content (AvgIpc) is 3.45. The number of alkyl halides is 2. The molecule has 0 aliphatic carbocycles. The van der Waals surface area contributed by atoms with Crippen molar-refractivity contribution < 1.29 is 22.3 Å². The molecular formula is C25H22Cl2F3N5O3. The Hall–Kier alpha value is -2.86. The number of imidazole rings is 1. The fourth-order valence-corrected chi connectivity index (χ4v) is 5.45. The van der Waals surface area contributed by atoms with E-state index in [0.717, 1.165) is 45.2 Å². The van der Waals surface area contributed by atoms with E-state index < -0.39 is 18.1 Å². The smallest absolute Gasteiger partial charge is 0.329 e. The van der Waals surface area contributed by atoms with Crippen LogP contribution in [-0.4, -0.2) is 56.6 Å². The van der Waals surface area contributed by atoms with Crippen molar-refractivity contribution in [3.05, 3.63) is 68.1 Å². The molecule has 0 spiro atoms. The van der Waals surface area contributed by atoms with E-state index in [4.69, 9.17) is 32.4 Å². The van der Waals surface area contributed by atoms with Crippen LogP contribution in [0.2, 0.25) is 10.0 Å². The molecular weight excluding hydrogens is 546 g/mol. The second-order valence-electron chi connectivity index (χ2n) is 9.50. The van der Waals surface area contributed by atoms with E-state index in [1.54, 1.807) is 16.7 Å². The minimum atomic E-state index is -2.93. The highest BCUT2D eigenvalue weighted by molar-refractivity contribution is 6.42. The monoisotopic (exact) mass is 567 g/mol. The molecule has 2 aliphatic rings. The van der Waals surface area contributed by atoms with Gasteiger partial charge >= 0.3 is 12.1 Å². The molecule has 13 heteroatoms. The lowest BCUT2D eigenvalue weighted by atomic mass is 10.0. The van der Waals surface area contributed by atoms with Gasteiger partial charge in [-0.3, -0.25) is 14.0 Å². The van der Waals surface area contributed by atoms with Crippen molar-refractivity contribution in [3.8, 4) is 11.5 Å². The van der Waals surface area contributed by atoms with Crippen LogP contribution in [0.5, 0.6) is 0 Å². The van der Waals surface area contributed by atoms with Crippen molar-refractivity contribution in [2.24, 2.45) is 0 Å². The van der Waals surface area contributed by atoms with Gasteiger partial charge in [0.05, 0.1) is 46.9 Å². The van der Waals surface area contributed by atoms with Crippen molar-refractivity contribution in [1.29, 1.82) is 0 Å². The van der Waals surface area contributed by atoms with Crippen LogP contribution in [-0.2, 0) is 11.3 Å². The molecule has 2 aliphatic heterocycles. The lowest BCUT2D eigenvalue weighted by Crippen LogP contribution is -2.52. The Morgan fingerprint density at radius 1 is 1.00 bits per heavy atom. The molecule has 2 aromatic heterocycles. The summed E-state index contributed by atoms with van der Waals surface area (Å²) in [5, 5.41) is 7.44. The van der Waals surface area contributed by atoms with Crippen LogP contribution < -0.4 is 5.69 Å². The zero-order valence-corrected chi connectivity index (χ0v) is 21.4. The van der Waals surface area contributed by atoms with Gasteiger partial charge in [-0.25, -0.2) is 9.18 Å². The van der Waals surface area contributed by atoms with Gasteiger partial charge in [0.15, 0.2) is 0 Å². The summed E-state index contributed by atoms with van der Waals surface area (Å²) in [4.78, 5) is 16.1. The molecule has 0 unspecified atom stereocenters. The number of halogens is 5. The highest BCUT2D eigenvalue weighted by atomic mass is 35.5. The number of hydrogen-bond donors (Lipinski definition) is 0. The van der Waals surface area contributed by atoms with Gasteiger partial charge in [-0.1, -0.05) is 29.3 Å². The molecule has 0 saturated carbocycles.